The van der Waals surface area contributed by atoms with Crippen molar-refractivity contribution in [1.29, 1.82) is 0 Å². The quantitative estimate of drug-likeness (QED) is 0.932. The molecule has 1 aliphatic rings. The molecule has 0 saturated carbocycles. The van der Waals surface area contributed by atoms with Crippen LogP contribution in [0.3, 0.4) is 0 Å². The molecule has 0 radical (unpaired) electrons. The van der Waals surface area contributed by atoms with Crippen LogP contribution >= 0.6 is 0 Å². The summed E-state index contributed by atoms with van der Waals surface area (Å²) in [4.78, 5) is 2.09. The van der Waals surface area contributed by atoms with E-state index in [1.165, 1.54) is 17.2 Å². The van der Waals surface area contributed by atoms with E-state index >= 15 is 0 Å². The van der Waals surface area contributed by atoms with Gasteiger partial charge in [-0.05, 0) is 29.3 Å². The Labute approximate surface area is 116 Å². The summed E-state index contributed by atoms with van der Waals surface area (Å²) in [5.74, 6) is -0.839. The van der Waals surface area contributed by atoms with Crippen LogP contribution in [0.1, 0.15) is 22.7 Å². The lowest BCUT2D eigenvalue weighted by Crippen LogP contribution is -2.30. The van der Waals surface area contributed by atoms with Gasteiger partial charge in [0.1, 0.15) is 11.6 Å². The average molecular weight is 274 g/mol. The molecular weight excluding hydrogens is 258 g/mol. The molecule has 1 heterocycles. The number of fused-ring (bicyclic) bond motifs is 1. The fraction of sp³-hybridized carbons (Fsp3) is 0.250. The minimum Gasteiger partial charge on any atom is -0.329 e. The lowest BCUT2D eigenvalue weighted by Gasteiger charge is -2.27. The van der Waals surface area contributed by atoms with E-state index in [1.807, 2.05) is 12.1 Å². The zero-order valence-corrected chi connectivity index (χ0v) is 11.0. The summed E-state index contributed by atoms with van der Waals surface area (Å²) in [5.41, 5.74) is 8.59. The summed E-state index contributed by atoms with van der Waals surface area (Å²) in [6, 6.07) is 11.3. The number of hydrogen-bond donors (Lipinski definition) is 1. The van der Waals surface area contributed by atoms with Gasteiger partial charge < -0.3 is 5.73 Å². The molecule has 1 unspecified atom stereocenters. The third-order valence-corrected chi connectivity index (χ3v) is 3.85. The predicted molar refractivity (Wildman–Crippen MR) is 73.8 cm³/mol. The van der Waals surface area contributed by atoms with Crippen LogP contribution in [0.2, 0.25) is 0 Å². The van der Waals surface area contributed by atoms with Crippen LogP contribution in [0.5, 0.6) is 0 Å². The molecule has 1 atom stereocenters. The third kappa shape index (κ3) is 2.32. The Bertz CT molecular complexity index is 603. The lowest BCUT2D eigenvalue weighted by molar-refractivity contribution is 0.200. The largest absolute Gasteiger partial charge is 0.329 e. The Morgan fingerprint density at radius 3 is 2.30 bits per heavy atom. The number of benzene rings is 2. The molecule has 3 rings (SSSR count). The van der Waals surface area contributed by atoms with Crippen molar-refractivity contribution < 1.29 is 8.78 Å². The molecule has 2 nitrogen and oxygen atoms in total. The summed E-state index contributed by atoms with van der Waals surface area (Å²) in [6.45, 7) is 1.69. The Morgan fingerprint density at radius 2 is 1.70 bits per heavy atom. The zero-order chi connectivity index (χ0) is 14.1. The van der Waals surface area contributed by atoms with Gasteiger partial charge in [0.25, 0.3) is 0 Å². The van der Waals surface area contributed by atoms with Gasteiger partial charge in [0.15, 0.2) is 0 Å². The molecule has 2 N–H and O–H groups in total. The number of nitrogens with two attached hydrogens (primary N) is 1. The van der Waals surface area contributed by atoms with Gasteiger partial charge in [-0.15, -0.1) is 0 Å². The summed E-state index contributed by atoms with van der Waals surface area (Å²) in [6.07, 6.45) is 0. The number of rotatable bonds is 3. The molecule has 0 spiro atoms. The second-order valence-electron chi connectivity index (χ2n) is 5.09. The minimum atomic E-state index is -0.434. The highest BCUT2D eigenvalue weighted by atomic mass is 19.1. The number of hydrogen-bond acceptors (Lipinski definition) is 2. The molecule has 20 heavy (non-hydrogen) atoms. The second-order valence-corrected chi connectivity index (χ2v) is 5.09. The van der Waals surface area contributed by atoms with Crippen molar-refractivity contribution in [2.24, 2.45) is 5.73 Å². The van der Waals surface area contributed by atoms with E-state index in [4.69, 9.17) is 5.73 Å². The second kappa shape index (κ2) is 5.31. The fourth-order valence-corrected chi connectivity index (χ4v) is 2.82. The number of halogens is 2. The van der Waals surface area contributed by atoms with Crippen LogP contribution in [0.4, 0.5) is 8.78 Å². The molecule has 2 aromatic rings. The molecule has 0 aliphatic carbocycles. The summed E-state index contributed by atoms with van der Waals surface area (Å²) in [7, 11) is 0. The van der Waals surface area contributed by atoms with E-state index < -0.39 is 11.6 Å². The standard InChI is InChI=1S/C16H16F2N2/c17-13-5-6-15(18)14(7-13)16(8-19)20-9-11-3-1-2-4-12(11)10-20/h1-7,16H,8-10,19H2. The van der Waals surface area contributed by atoms with Crippen LogP contribution in [0, 0.1) is 11.6 Å². The van der Waals surface area contributed by atoms with Gasteiger partial charge in [0.05, 0.1) is 6.04 Å². The first kappa shape index (κ1) is 13.2. The molecule has 1 aliphatic heterocycles. The van der Waals surface area contributed by atoms with Gasteiger partial charge in [-0.25, -0.2) is 8.78 Å². The lowest BCUT2D eigenvalue weighted by atomic mass is 10.0. The Balaban J connectivity index is 1.91. The van der Waals surface area contributed by atoms with Gasteiger partial charge in [0, 0.05) is 25.2 Å². The molecular formula is C16H16F2N2. The Hall–Kier alpha value is -1.78. The molecule has 104 valence electrons. The van der Waals surface area contributed by atoms with Crippen molar-refractivity contribution >= 4 is 0 Å². The highest BCUT2D eigenvalue weighted by Crippen LogP contribution is 2.32. The van der Waals surface area contributed by atoms with Crippen molar-refractivity contribution in [3.05, 3.63) is 70.8 Å². The molecule has 0 bridgehead atoms. The van der Waals surface area contributed by atoms with Gasteiger partial charge >= 0.3 is 0 Å². The number of nitrogens with zero attached hydrogens (tertiary/aromatic N) is 1. The van der Waals surface area contributed by atoms with Crippen LogP contribution in [-0.2, 0) is 13.1 Å². The van der Waals surface area contributed by atoms with E-state index in [2.05, 4.69) is 17.0 Å². The Morgan fingerprint density at radius 1 is 1.05 bits per heavy atom. The van der Waals surface area contributed by atoms with Crippen LogP contribution < -0.4 is 5.73 Å². The van der Waals surface area contributed by atoms with E-state index in [0.29, 0.717) is 18.7 Å². The third-order valence-electron chi connectivity index (χ3n) is 3.85. The molecule has 0 aromatic heterocycles. The van der Waals surface area contributed by atoms with Crippen molar-refractivity contribution in [2.75, 3.05) is 6.54 Å². The van der Waals surface area contributed by atoms with Gasteiger partial charge in [-0.2, -0.15) is 0 Å². The van der Waals surface area contributed by atoms with Crippen molar-refractivity contribution in [3.8, 4) is 0 Å². The molecule has 0 amide bonds. The molecule has 0 saturated heterocycles. The average Bonchev–Trinajstić information content (AvgIpc) is 2.87. The maximum atomic E-state index is 13.9. The predicted octanol–water partition coefficient (Wildman–Crippen LogP) is 2.98. The molecule has 4 heteroatoms. The van der Waals surface area contributed by atoms with Gasteiger partial charge in [0.2, 0.25) is 0 Å². The Kier molecular flexibility index (Phi) is 3.51. The SMILES string of the molecule is NCC(c1cc(F)ccc1F)N1Cc2ccccc2C1. The smallest absolute Gasteiger partial charge is 0.128 e. The van der Waals surface area contributed by atoms with Crippen LogP contribution in [0.25, 0.3) is 0 Å². The maximum absolute atomic E-state index is 13.9. The van der Waals surface area contributed by atoms with E-state index in [9.17, 15) is 8.78 Å². The van der Waals surface area contributed by atoms with E-state index in [-0.39, 0.29) is 12.6 Å². The van der Waals surface area contributed by atoms with Crippen molar-refractivity contribution in [2.45, 2.75) is 19.1 Å². The van der Waals surface area contributed by atoms with E-state index in [1.54, 1.807) is 0 Å². The van der Waals surface area contributed by atoms with Crippen molar-refractivity contribution in [1.82, 2.24) is 4.90 Å². The minimum absolute atomic E-state index is 0.258. The first-order valence-corrected chi connectivity index (χ1v) is 6.65. The first-order chi connectivity index (χ1) is 9.69. The van der Waals surface area contributed by atoms with Crippen LogP contribution in [0.15, 0.2) is 42.5 Å². The van der Waals surface area contributed by atoms with Crippen LogP contribution in [-0.4, -0.2) is 11.4 Å². The van der Waals surface area contributed by atoms with E-state index in [0.717, 1.165) is 12.1 Å². The normalized spacial score (nSPS) is 16.1. The first-order valence-electron chi connectivity index (χ1n) is 6.65. The highest BCUT2D eigenvalue weighted by Gasteiger charge is 2.27. The summed E-state index contributed by atoms with van der Waals surface area (Å²) >= 11 is 0. The highest BCUT2D eigenvalue weighted by molar-refractivity contribution is 5.32. The monoisotopic (exact) mass is 274 g/mol. The van der Waals surface area contributed by atoms with Gasteiger partial charge in [-0.3, -0.25) is 4.90 Å². The topological polar surface area (TPSA) is 29.3 Å². The summed E-state index contributed by atoms with van der Waals surface area (Å²) in [5, 5.41) is 0. The molecule has 0 fully saturated rings. The fourth-order valence-electron chi connectivity index (χ4n) is 2.82. The summed E-state index contributed by atoms with van der Waals surface area (Å²) < 4.78 is 27.3. The molecule has 2 aromatic carbocycles. The maximum Gasteiger partial charge on any atom is 0.128 e. The van der Waals surface area contributed by atoms with Crippen molar-refractivity contribution in [3.63, 3.8) is 0 Å². The zero-order valence-electron chi connectivity index (χ0n) is 11.0. The van der Waals surface area contributed by atoms with Gasteiger partial charge in [-0.1, -0.05) is 24.3 Å².